The summed E-state index contributed by atoms with van der Waals surface area (Å²) in [6, 6.07) is 14.4. The molecular weight excluding hydrogens is 395 g/mol. The third-order valence-corrected chi connectivity index (χ3v) is 4.62. The Labute approximate surface area is 175 Å². The van der Waals surface area contributed by atoms with Gasteiger partial charge in [-0.3, -0.25) is 4.90 Å². The fourth-order valence-corrected chi connectivity index (χ4v) is 3.32. The smallest absolute Gasteiger partial charge is 0.222 e. The molecule has 29 heavy (non-hydrogen) atoms. The number of halogens is 2. The van der Waals surface area contributed by atoms with Crippen LogP contribution >= 0.6 is 12.4 Å². The van der Waals surface area contributed by atoms with E-state index >= 15 is 0 Å². The lowest BCUT2D eigenvalue weighted by molar-refractivity contribution is 0.0671. The molecule has 1 fully saturated rings. The van der Waals surface area contributed by atoms with Crippen molar-refractivity contribution in [1.29, 1.82) is 0 Å². The van der Waals surface area contributed by atoms with Gasteiger partial charge in [0.2, 0.25) is 18.2 Å². The van der Waals surface area contributed by atoms with Gasteiger partial charge in [0.25, 0.3) is 0 Å². The molecule has 0 amide bonds. The summed E-state index contributed by atoms with van der Waals surface area (Å²) in [7, 11) is 0. The Hall–Kier alpha value is -2.84. The van der Waals surface area contributed by atoms with Gasteiger partial charge in [-0.1, -0.05) is 18.2 Å². The Morgan fingerprint density at radius 3 is 2.62 bits per heavy atom. The van der Waals surface area contributed by atoms with E-state index < -0.39 is 6.29 Å². The van der Waals surface area contributed by atoms with Crippen LogP contribution in [0.25, 0.3) is 0 Å². The largest absolute Gasteiger partial charge is 0.378 e. The Morgan fingerprint density at radius 1 is 1.14 bits per heavy atom. The zero-order chi connectivity index (χ0) is 19.5. The lowest BCUT2D eigenvalue weighted by Crippen LogP contribution is -2.57. The molecule has 1 unspecified atom stereocenters. The van der Waals surface area contributed by atoms with Crippen molar-refractivity contribution >= 4 is 35.7 Å². The first-order valence-electron chi connectivity index (χ1n) is 9.23. The fraction of sp³-hybridized carbons (Fsp3) is 0.300. The minimum atomic E-state index is -0.557. The van der Waals surface area contributed by atoms with Crippen molar-refractivity contribution in [1.82, 2.24) is 4.90 Å². The van der Waals surface area contributed by atoms with Crippen molar-refractivity contribution in [2.45, 2.75) is 13.2 Å². The molecule has 0 aromatic heterocycles. The highest BCUT2D eigenvalue weighted by Crippen LogP contribution is 2.25. The number of anilines is 2. The molecule has 0 saturated carbocycles. The molecule has 1 saturated heterocycles. The average molecular weight is 419 g/mol. The van der Waals surface area contributed by atoms with Crippen molar-refractivity contribution in [3.8, 4) is 0 Å². The number of nitrogens with one attached hydrogen (secondary N) is 1. The van der Waals surface area contributed by atoms with Gasteiger partial charge in [0.1, 0.15) is 5.82 Å². The molecule has 0 aliphatic carbocycles. The van der Waals surface area contributed by atoms with Crippen LogP contribution in [0.3, 0.4) is 0 Å². The molecule has 0 bridgehead atoms. The van der Waals surface area contributed by atoms with E-state index in [4.69, 9.17) is 10.5 Å². The molecule has 3 N–H and O–H groups in total. The van der Waals surface area contributed by atoms with Crippen molar-refractivity contribution in [3.05, 3.63) is 59.9 Å². The van der Waals surface area contributed by atoms with Crippen LogP contribution in [0.4, 0.5) is 15.8 Å². The second-order valence-corrected chi connectivity index (χ2v) is 6.74. The van der Waals surface area contributed by atoms with Crippen LogP contribution < -0.4 is 16.0 Å². The second kappa shape index (κ2) is 9.11. The van der Waals surface area contributed by atoms with E-state index in [-0.39, 0.29) is 24.2 Å². The molecule has 2 aromatic rings. The van der Waals surface area contributed by atoms with E-state index in [0.29, 0.717) is 38.0 Å². The number of guanidine groups is 2. The molecular formula is C20H24ClFN6O. The summed E-state index contributed by atoms with van der Waals surface area (Å²) >= 11 is 0. The van der Waals surface area contributed by atoms with Crippen LogP contribution in [0.2, 0.25) is 0 Å². The monoisotopic (exact) mass is 418 g/mol. The van der Waals surface area contributed by atoms with Gasteiger partial charge in [-0.25, -0.2) is 9.38 Å². The first kappa shape index (κ1) is 20.9. The molecule has 154 valence electrons. The normalized spacial score (nSPS) is 19.2. The van der Waals surface area contributed by atoms with E-state index in [9.17, 15) is 4.39 Å². The number of aryl methyl sites for hydroxylation is 1. The zero-order valence-electron chi connectivity index (χ0n) is 16.1. The zero-order valence-corrected chi connectivity index (χ0v) is 16.9. The van der Waals surface area contributed by atoms with Crippen molar-refractivity contribution in [2.75, 3.05) is 36.5 Å². The molecule has 2 aromatic carbocycles. The predicted molar refractivity (Wildman–Crippen MR) is 116 cm³/mol. The minimum Gasteiger partial charge on any atom is -0.378 e. The summed E-state index contributed by atoms with van der Waals surface area (Å²) in [6.07, 6.45) is -0.557. The number of benzene rings is 2. The van der Waals surface area contributed by atoms with Gasteiger partial charge in [-0.2, -0.15) is 4.99 Å². The van der Waals surface area contributed by atoms with Crippen molar-refractivity contribution < 1.29 is 9.13 Å². The lowest BCUT2D eigenvalue weighted by Gasteiger charge is -2.41. The fourth-order valence-electron chi connectivity index (χ4n) is 3.32. The van der Waals surface area contributed by atoms with Gasteiger partial charge < -0.3 is 20.7 Å². The maximum Gasteiger partial charge on any atom is 0.222 e. The van der Waals surface area contributed by atoms with Gasteiger partial charge in [0.05, 0.1) is 13.2 Å². The summed E-state index contributed by atoms with van der Waals surface area (Å²) in [4.78, 5) is 13.1. The predicted octanol–water partition coefficient (Wildman–Crippen LogP) is 2.77. The number of nitrogens with two attached hydrogens (primary N) is 1. The van der Waals surface area contributed by atoms with Crippen LogP contribution in [0.1, 0.15) is 5.56 Å². The van der Waals surface area contributed by atoms with Crippen LogP contribution in [0, 0.1) is 12.7 Å². The maximum atomic E-state index is 13.7. The highest BCUT2D eigenvalue weighted by atomic mass is 35.5. The number of nitrogens with zero attached hydrogens (tertiary/aromatic N) is 4. The minimum absolute atomic E-state index is 0. The highest BCUT2D eigenvalue weighted by Gasteiger charge is 2.32. The molecule has 0 radical (unpaired) electrons. The molecule has 4 rings (SSSR count). The second-order valence-electron chi connectivity index (χ2n) is 6.74. The molecule has 1 atom stereocenters. The third-order valence-electron chi connectivity index (χ3n) is 4.62. The first-order valence-corrected chi connectivity index (χ1v) is 9.23. The van der Waals surface area contributed by atoms with Crippen LogP contribution in [0.5, 0.6) is 0 Å². The average Bonchev–Trinajstić information content (AvgIpc) is 2.68. The van der Waals surface area contributed by atoms with Crippen LogP contribution in [-0.2, 0) is 4.74 Å². The molecule has 2 heterocycles. The van der Waals surface area contributed by atoms with Crippen molar-refractivity contribution in [2.24, 2.45) is 15.7 Å². The topological polar surface area (TPSA) is 78.5 Å². The van der Waals surface area contributed by atoms with E-state index in [1.807, 2.05) is 30.0 Å². The summed E-state index contributed by atoms with van der Waals surface area (Å²) in [5, 5.41) is 3.27. The number of aliphatic imine (C=N–C) groups is 2. The summed E-state index contributed by atoms with van der Waals surface area (Å²) in [5.41, 5.74) is 8.70. The Morgan fingerprint density at radius 2 is 1.90 bits per heavy atom. The Kier molecular flexibility index (Phi) is 6.56. The quantitative estimate of drug-likeness (QED) is 0.801. The molecule has 9 heteroatoms. The maximum absolute atomic E-state index is 13.7. The van der Waals surface area contributed by atoms with Gasteiger partial charge in [-0.05, 0) is 42.8 Å². The van der Waals surface area contributed by atoms with Gasteiger partial charge in [-0.15, -0.1) is 12.4 Å². The lowest BCUT2D eigenvalue weighted by atomic mass is 10.2. The molecule has 0 spiro atoms. The Balaban J connectivity index is 0.00000240. The number of morpholine rings is 1. The summed E-state index contributed by atoms with van der Waals surface area (Å²) < 4.78 is 19.2. The first-order chi connectivity index (χ1) is 13.6. The van der Waals surface area contributed by atoms with E-state index in [1.54, 1.807) is 12.1 Å². The molecule has 7 nitrogen and oxygen atoms in total. The third kappa shape index (κ3) is 4.78. The number of hydrogen-bond acceptors (Lipinski definition) is 7. The molecule has 2 aliphatic rings. The van der Waals surface area contributed by atoms with Gasteiger partial charge in [0.15, 0.2) is 0 Å². The van der Waals surface area contributed by atoms with Gasteiger partial charge in [0, 0.05) is 24.5 Å². The van der Waals surface area contributed by atoms with Crippen molar-refractivity contribution in [3.63, 3.8) is 0 Å². The van der Waals surface area contributed by atoms with E-state index in [0.717, 1.165) is 11.3 Å². The van der Waals surface area contributed by atoms with Gasteiger partial charge >= 0.3 is 0 Å². The highest BCUT2D eigenvalue weighted by molar-refractivity contribution is 6.06. The Bertz CT molecular complexity index is 915. The van der Waals surface area contributed by atoms with E-state index in [2.05, 4.69) is 26.3 Å². The summed E-state index contributed by atoms with van der Waals surface area (Å²) in [5.74, 6) is 0.566. The van der Waals surface area contributed by atoms with Crippen LogP contribution in [-0.4, -0.2) is 49.4 Å². The standard InChI is InChI=1S/C20H23FN6O.ClH/c1-14-4-2-7-17(12-14)27-19(23-16-6-3-5-15(21)13-16)24-18(22)25-20(27)26-8-10-28-11-9-26;/h2-7,12-13,19,23H,8-11H2,1H3,(H2,22,24);1H. The number of rotatable bonds is 3. The van der Waals surface area contributed by atoms with E-state index in [1.165, 1.54) is 12.1 Å². The summed E-state index contributed by atoms with van der Waals surface area (Å²) in [6.45, 7) is 4.70. The number of ether oxygens (including phenoxy) is 1. The molecule has 2 aliphatic heterocycles. The van der Waals surface area contributed by atoms with Crippen LogP contribution in [0.15, 0.2) is 58.5 Å². The number of hydrogen-bond donors (Lipinski definition) is 2. The SMILES string of the molecule is Cc1cccc(N2C(N3CCOCC3)=NC(N)=NC2Nc2cccc(F)c2)c1.Cl.